The minimum atomic E-state index is -0.374. The molecule has 2 aliphatic heterocycles. The lowest BCUT2D eigenvalue weighted by Crippen LogP contribution is -2.51. The largest absolute Gasteiger partial charge is 0.381 e. The van der Waals surface area contributed by atoms with Crippen LogP contribution in [0.15, 0.2) is 42.5 Å². The number of nitrogens with zero attached hydrogens (tertiary/aromatic N) is 1. The van der Waals surface area contributed by atoms with Crippen LogP contribution in [0.5, 0.6) is 0 Å². The number of carbonyl (C=O) groups excluding carboxylic acids is 1. The van der Waals surface area contributed by atoms with Crippen molar-refractivity contribution in [2.24, 2.45) is 11.3 Å². The molecule has 1 amide bonds. The van der Waals surface area contributed by atoms with Gasteiger partial charge < -0.3 is 15.4 Å². The van der Waals surface area contributed by atoms with Crippen LogP contribution in [0, 0.1) is 28.4 Å². The smallest absolute Gasteiger partial charge is 0.269 e. The molecular weight excluding hydrogens is 382 g/mol. The van der Waals surface area contributed by atoms with E-state index in [1.807, 2.05) is 31.2 Å². The van der Waals surface area contributed by atoms with Crippen LogP contribution in [-0.4, -0.2) is 30.0 Å². The minimum Gasteiger partial charge on any atom is -0.381 e. The monoisotopic (exact) mass is 409 g/mol. The molecule has 30 heavy (non-hydrogen) atoms. The Balaban J connectivity index is 1.53. The van der Waals surface area contributed by atoms with Gasteiger partial charge in [-0.3, -0.25) is 14.9 Å². The van der Waals surface area contributed by atoms with Crippen molar-refractivity contribution in [1.82, 2.24) is 5.32 Å². The molecule has 7 nitrogen and oxygen atoms in total. The molecule has 0 bridgehead atoms. The average Bonchev–Trinajstić information content (AvgIpc) is 3.21. The van der Waals surface area contributed by atoms with Crippen LogP contribution < -0.4 is 10.6 Å². The van der Waals surface area contributed by atoms with Gasteiger partial charge in [-0.2, -0.15) is 0 Å². The quantitative estimate of drug-likeness (QED) is 0.569. The first-order valence-corrected chi connectivity index (χ1v) is 10.3. The number of non-ortho nitro benzene ring substituents is 1. The molecule has 0 radical (unpaired) electrons. The fraction of sp³-hybridized carbons (Fsp3) is 0.435. The van der Waals surface area contributed by atoms with Gasteiger partial charge in [-0.05, 0) is 31.5 Å². The van der Waals surface area contributed by atoms with Crippen LogP contribution >= 0.6 is 0 Å². The molecule has 0 aliphatic carbocycles. The van der Waals surface area contributed by atoms with Gasteiger partial charge in [-0.25, -0.2) is 0 Å². The summed E-state index contributed by atoms with van der Waals surface area (Å²) < 4.78 is 6.00. The third-order valence-electron chi connectivity index (χ3n) is 6.29. The van der Waals surface area contributed by atoms with Crippen molar-refractivity contribution in [2.45, 2.75) is 39.3 Å². The maximum absolute atomic E-state index is 12.6. The molecule has 2 aliphatic rings. The molecule has 0 aromatic heterocycles. The Bertz CT molecular complexity index is 971. The molecule has 4 rings (SSSR count). The Labute approximate surface area is 176 Å². The van der Waals surface area contributed by atoms with E-state index in [-0.39, 0.29) is 40.0 Å². The first-order valence-electron chi connectivity index (χ1n) is 10.3. The number of hydrogen-bond donors (Lipinski definition) is 2. The average molecular weight is 409 g/mol. The van der Waals surface area contributed by atoms with Crippen LogP contribution in [-0.2, 0) is 4.74 Å². The molecule has 0 saturated carbocycles. The predicted octanol–water partition coefficient (Wildman–Crippen LogP) is 4.23. The number of nitro groups is 1. The summed E-state index contributed by atoms with van der Waals surface area (Å²) in [5.41, 5.74) is 3.30. The molecule has 3 atom stereocenters. The lowest BCUT2D eigenvalue weighted by atomic mass is 9.71. The number of nitrogens with one attached hydrogen (secondary N) is 2. The van der Waals surface area contributed by atoms with E-state index in [9.17, 15) is 14.9 Å². The van der Waals surface area contributed by atoms with Crippen molar-refractivity contribution >= 4 is 17.3 Å². The first kappa shape index (κ1) is 20.3. The second-order valence-corrected chi connectivity index (χ2v) is 8.93. The third kappa shape index (κ3) is 3.77. The summed E-state index contributed by atoms with van der Waals surface area (Å²) in [5.74, 6) is 0.0971. The van der Waals surface area contributed by atoms with Gasteiger partial charge in [0.15, 0.2) is 0 Å². The van der Waals surface area contributed by atoms with Crippen molar-refractivity contribution in [3.05, 3.63) is 69.3 Å². The van der Waals surface area contributed by atoms with Gasteiger partial charge in [0, 0.05) is 59.5 Å². The van der Waals surface area contributed by atoms with Crippen LogP contribution in [0.4, 0.5) is 11.4 Å². The molecule has 2 heterocycles. The Morgan fingerprint density at radius 2 is 2.00 bits per heavy atom. The third-order valence-corrected chi connectivity index (χ3v) is 6.29. The molecule has 0 spiro atoms. The second kappa shape index (κ2) is 7.72. The van der Waals surface area contributed by atoms with E-state index >= 15 is 0 Å². The van der Waals surface area contributed by atoms with Gasteiger partial charge >= 0.3 is 0 Å². The first-order chi connectivity index (χ1) is 14.3. The summed E-state index contributed by atoms with van der Waals surface area (Å²) in [7, 11) is 0. The summed E-state index contributed by atoms with van der Waals surface area (Å²) in [6.07, 6.45) is 0.706. The lowest BCUT2D eigenvalue weighted by Gasteiger charge is -2.44. The van der Waals surface area contributed by atoms with Crippen LogP contribution in [0.3, 0.4) is 0 Å². The van der Waals surface area contributed by atoms with Crippen LogP contribution in [0.25, 0.3) is 0 Å². The molecular formula is C23H27N3O4. The van der Waals surface area contributed by atoms with Gasteiger partial charge in [0.2, 0.25) is 0 Å². The number of anilines is 1. The summed E-state index contributed by atoms with van der Waals surface area (Å²) in [5, 5.41) is 17.9. The van der Waals surface area contributed by atoms with Gasteiger partial charge in [0.1, 0.15) is 0 Å². The number of aryl methyl sites for hydroxylation is 1. The van der Waals surface area contributed by atoms with E-state index in [1.54, 1.807) is 12.1 Å². The molecule has 2 aromatic carbocycles. The van der Waals surface area contributed by atoms with E-state index in [0.29, 0.717) is 18.7 Å². The van der Waals surface area contributed by atoms with Crippen LogP contribution in [0.2, 0.25) is 0 Å². The number of carbonyl (C=O) groups is 1. The van der Waals surface area contributed by atoms with Crippen molar-refractivity contribution in [2.75, 3.05) is 18.5 Å². The second-order valence-electron chi connectivity index (χ2n) is 8.93. The lowest BCUT2D eigenvalue weighted by molar-refractivity contribution is -0.385. The Morgan fingerprint density at radius 1 is 1.27 bits per heavy atom. The van der Waals surface area contributed by atoms with Crippen molar-refractivity contribution in [1.29, 1.82) is 0 Å². The number of benzene rings is 2. The highest BCUT2D eigenvalue weighted by Crippen LogP contribution is 2.49. The summed E-state index contributed by atoms with van der Waals surface area (Å²) >= 11 is 0. The van der Waals surface area contributed by atoms with Gasteiger partial charge in [-0.15, -0.1) is 0 Å². The maximum atomic E-state index is 12.6. The Kier molecular flexibility index (Phi) is 5.24. The number of ether oxygens (including phenoxy) is 1. The van der Waals surface area contributed by atoms with Gasteiger partial charge in [0.05, 0.1) is 11.0 Å². The topological polar surface area (TPSA) is 93.5 Å². The molecule has 2 aromatic rings. The highest BCUT2D eigenvalue weighted by Gasteiger charge is 2.47. The molecule has 2 N–H and O–H groups in total. The van der Waals surface area contributed by atoms with Gasteiger partial charge in [-0.1, -0.05) is 31.5 Å². The standard InChI is InChI=1S/C23H27N3O4/c1-14-4-6-15(7-5-14)22(27)24-13-23(2,3)21-17-10-11-30-20(17)18-12-16(26(28)29)8-9-19(18)25-21/h4-9,12,17,20-21,25H,10-11,13H2,1-3H3,(H,24,27). The minimum absolute atomic E-state index is 0.0669. The summed E-state index contributed by atoms with van der Waals surface area (Å²) in [4.78, 5) is 23.4. The van der Waals surface area contributed by atoms with Crippen molar-refractivity contribution < 1.29 is 14.5 Å². The van der Waals surface area contributed by atoms with E-state index < -0.39 is 0 Å². The summed E-state index contributed by atoms with van der Waals surface area (Å²) in [6, 6.07) is 12.5. The summed E-state index contributed by atoms with van der Waals surface area (Å²) in [6.45, 7) is 7.38. The normalized spacial score (nSPS) is 22.6. The molecule has 3 unspecified atom stereocenters. The van der Waals surface area contributed by atoms with E-state index in [1.165, 1.54) is 6.07 Å². The zero-order valence-corrected chi connectivity index (χ0v) is 17.5. The zero-order chi connectivity index (χ0) is 21.5. The fourth-order valence-electron chi connectivity index (χ4n) is 4.57. The molecule has 7 heteroatoms. The fourth-order valence-corrected chi connectivity index (χ4v) is 4.57. The number of rotatable bonds is 5. The van der Waals surface area contributed by atoms with E-state index in [2.05, 4.69) is 24.5 Å². The Hall–Kier alpha value is -2.93. The van der Waals surface area contributed by atoms with E-state index in [4.69, 9.17) is 4.74 Å². The number of fused-ring (bicyclic) bond motifs is 3. The Morgan fingerprint density at radius 3 is 2.70 bits per heavy atom. The van der Waals surface area contributed by atoms with Crippen molar-refractivity contribution in [3.63, 3.8) is 0 Å². The van der Waals surface area contributed by atoms with Gasteiger partial charge in [0.25, 0.3) is 11.6 Å². The zero-order valence-electron chi connectivity index (χ0n) is 17.5. The number of nitro benzene ring substituents is 1. The van der Waals surface area contributed by atoms with E-state index in [0.717, 1.165) is 23.2 Å². The molecule has 1 saturated heterocycles. The SMILES string of the molecule is Cc1ccc(C(=O)NCC(C)(C)C2Nc3ccc([N+](=O)[O-])cc3C3OCCC32)cc1. The number of hydrogen-bond acceptors (Lipinski definition) is 5. The predicted molar refractivity (Wildman–Crippen MR) is 115 cm³/mol. The van der Waals surface area contributed by atoms with Crippen molar-refractivity contribution in [3.8, 4) is 0 Å². The maximum Gasteiger partial charge on any atom is 0.269 e. The number of amides is 1. The highest BCUT2D eigenvalue weighted by molar-refractivity contribution is 5.94. The molecule has 1 fully saturated rings. The molecule has 158 valence electrons. The highest BCUT2D eigenvalue weighted by atomic mass is 16.6. The van der Waals surface area contributed by atoms with Crippen LogP contribution in [0.1, 0.15) is 47.9 Å².